The standard InChI is InChI=1S/C31H24O2/c1-16-13-18(3)30-28-24(16)17(2)14-22-25(19-9-5-4-6-10-19)23-15-20-11-7-8-12-21(20)26(23)29(27(22)28)31(32)33-30/h4-14,25,29H,15H2,1-3H3. The number of carbonyl (C=O) groups excluding carboxylic acids is 1. The first kappa shape index (κ1) is 18.9. The third kappa shape index (κ3) is 2.36. The lowest BCUT2D eigenvalue weighted by Crippen LogP contribution is -2.30. The van der Waals surface area contributed by atoms with Gasteiger partial charge in [-0.15, -0.1) is 0 Å². The molecular formula is C31H24O2. The normalized spacial score (nSPS) is 20.0. The van der Waals surface area contributed by atoms with E-state index in [-0.39, 0.29) is 17.8 Å². The Bertz CT molecular complexity index is 1560. The van der Waals surface area contributed by atoms with Crippen LogP contribution < -0.4 is 4.74 Å². The molecule has 7 rings (SSSR count). The summed E-state index contributed by atoms with van der Waals surface area (Å²) in [4.78, 5) is 13.7. The van der Waals surface area contributed by atoms with Crippen molar-refractivity contribution >= 4 is 22.3 Å². The second-order valence-electron chi connectivity index (χ2n) is 9.76. The molecular weight excluding hydrogens is 404 g/mol. The molecule has 160 valence electrons. The van der Waals surface area contributed by atoms with E-state index in [0.29, 0.717) is 0 Å². The fraction of sp³-hybridized carbons (Fsp3) is 0.194. The summed E-state index contributed by atoms with van der Waals surface area (Å²) in [7, 11) is 0. The zero-order chi connectivity index (χ0) is 22.4. The van der Waals surface area contributed by atoms with Gasteiger partial charge >= 0.3 is 5.97 Å². The van der Waals surface area contributed by atoms with Gasteiger partial charge in [-0.1, -0.05) is 66.7 Å². The Morgan fingerprint density at radius 3 is 2.33 bits per heavy atom. The maximum Gasteiger partial charge on any atom is 0.323 e. The average Bonchev–Trinajstić information content (AvgIpc) is 3.19. The van der Waals surface area contributed by atoms with Gasteiger partial charge in [0.15, 0.2) is 0 Å². The minimum atomic E-state index is -0.365. The molecule has 2 aliphatic carbocycles. The molecule has 2 unspecified atom stereocenters. The number of allylic oxidation sites excluding steroid dienone is 1. The van der Waals surface area contributed by atoms with Crippen molar-refractivity contribution in [3.05, 3.63) is 117 Å². The van der Waals surface area contributed by atoms with Crippen LogP contribution in [0, 0.1) is 20.8 Å². The molecule has 0 saturated heterocycles. The van der Waals surface area contributed by atoms with Gasteiger partial charge in [-0.05, 0) is 88.2 Å². The van der Waals surface area contributed by atoms with Crippen LogP contribution in [0.15, 0.2) is 72.3 Å². The number of hydrogen-bond acceptors (Lipinski definition) is 2. The van der Waals surface area contributed by atoms with E-state index in [2.05, 4.69) is 87.5 Å². The Kier molecular flexibility index (Phi) is 3.69. The molecule has 0 N–H and O–H groups in total. The van der Waals surface area contributed by atoms with E-state index in [4.69, 9.17) is 4.74 Å². The topological polar surface area (TPSA) is 26.3 Å². The van der Waals surface area contributed by atoms with Gasteiger partial charge in [-0.3, -0.25) is 4.79 Å². The lowest BCUT2D eigenvalue weighted by Gasteiger charge is -2.38. The predicted molar refractivity (Wildman–Crippen MR) is 132 cm³/mol. The Hall–Kier alpha value is -3.65. The summed E-state index contributed by atoms with van der Waals surface area (Å²) < 4.78 is 6.13. The summed E-state index contributed by atoms with van der Waals surface area (Å²) in [6.07, 6.45) is 0.880. The van der Waals surface area contributed by atoms with Crippen LogP contribution in [0.1, 0.15) is 56.3 Å². The summed E-state index contributed by atoms with van der Waals surface area (Å²) in [5.41, 5.74) is 12.3. The number of aryl methyl sites for hydroxylation is 3. The summed E-state index contributed by atoms with van der Waals surface area (Å²) in [5.74, 6) is 0.383. The van der Waals surface area contributed by atoms with E-state index in [1.807, 2.05) is 0 Å². The molecule has 1 aliphatic heterocycles. The second kappa shape index (κ2) is 6.45. The maximum atomic E-state index is 13.7. The highest BCUT2D eigenvalue weighted by Crippen LogP contribution is 2.59. The number of ether oxygens (including phenoxy) is 1. The van der Waals surface area contributed by atoms with Gasteiger partial charge in [0, 0.05) is 11.3 Å². The van der Waals surface area contributed by atoms with Gasteiger partial charge in [0.25, 0.3) is 0 Å². The van der Waals surface area contributed by atoms with Crippen LogP contribution in [0.2, 0.25) is 0 Å². The molecule has 0 aromatic heterocycles. The fourth-order valence-electron chi connectivity index (χ4n) is 6.71. The Balaban J connectivity index is 1.67. The highest BCUT2D eigenvalue weighted by Gasteiger charge is 2.47. The van der Waals surface area contributed by atoms with E-state index in [9.17, 15) is 4.79 Å². The molecule has 33 heavy (non-hydrogen) atoms. The lowest BCUT2D eigenvalue weighted by molar-refractivity contribution is -0.135. The van der Waals surface area contributed by atoms with Crippen LogP contribution in [0.3, 0.4) is 0 Å². The van der Waals surface area contributed by atoms with Crippen molar-refractivity contribution in [2.75, 3.05) is 0 Å². The van der Waals surface area contributed by atoms with Gasteiger partial charge < -0.3 is 4.74 Å². The maximum absolute atomic E-state index is 13.7. The third-order valence-electron chi connectivity index (χ3n) is 7.85. The van der Waals surface area contributed by atoms with Crippen LogP contribution in [0.4, 0.5) is 0 Å². The predicted octanol–water partition coefficient (Wildman–Crippen LogP) is 6.92. The van der Waals surface area contributed by atoms with Crippen molar-refractivity contribution in [3.8, 4) is 5.75 Å². The molecule has 4 aromatic carbocycles. The zero-order valence-electron chi connectivity index (χ0n) is 19.0. The highest BCUT2D eigenvalue weighted by molar-refractivity contribution is 6.11. The zero-order valence-corrected chi connectivity index (χ0v) is 19.0. The summed E-state index contributed by atoms with van der Waals surface area (Å²) in [5, 5.41) is 2.37. The molecule has 2 heteroatoms. The first-order valence-electron chi connectivity index (χ1n) is 11.7. The van der Waals surface area contributed by atoms with Gasteiger partial charge in [-0.2, -0.15) is 0 Å². The molecule has 2 nitrogen and oxygen atoms in total. The monoisotopic (exact) mass is 428 g/mol. The summed E-state index contributed by atoms with van der Waals surface area (Å²) in [6, 6.07) is 23.9. The van der Waals surface area contributed by atoms with Crippen LogP contribution in [0.5, 0.6) is 5.75 Å². The molecule has 1 heterocycles. The van der Waals surface area contributed by atoms with E-state index in [1.165, 1.54) is 49.9 Å². The minimum Gasteiger partial charge on any atom is -0.425 e. The summed E-state index contributed by atoms with van der Waals surface area (Å²) in [6.45, 7) is 6.42. The summed E-state index contributed by atoms with van der Waals surface area (Å²) >= 11 is 0. The Labute approximate surface area is 193 Å². The molecule has 0 spiro atoms. The quantitative estimate of drug-likeness (QED) is 0.243. The van der Waals surface area contributed by atoms with Crippen LogP contribution in [-0.4, -0.2) is 5.97 Å². The number of benzene rings is 4. The number of rotatable bonds is 1. The van der Waals surface area contributed by atoms with Crippen molar-refractivity contribution < 1.29 is 9.53 Å². The first-order chi connectivity index (χ1) is 16.0. The number of fused-ring (bicyclic) bond motifs is 3. The molecule has 0 saturated carbocycles. The smallest absolute Gasteiger partial charge is 0.323 e. The van der Waals surface area contributed by atoms with E-state index in [0.717, 1.165) is 28.7 Å². The molecule has 3 aliphatic rings. The van der Waals surface area contributed by atoms with Crippen molar-refractivity contribution in [3.63, 3.8) is 0 Å². The molecule has 2 atom stereocenters. The Morgan fingerprint density at radius 1 is 0.788 bits per heavy atom. The molecule has 0 amide bonds. The molecule has 0 bridgehead atoms. The fourth-order valence-corrected chi connectivity index (χ4v) is 6.71. The minimum absolute atomic E-state index is 0.141. The van der Waals surface area contributed by atoms with Gasteiger partial charge in [0.2, 0.25) is 0 Å². The van der Waals surface area contributed by atoms with Crippen LogP contribution in [-0.2, 0) is 11.2 Å². The van der Waals surface area contributed by atoms with Crippen molar-refractivity contribution in [1.29, 1.82) is 0 Å². The molecule has 0 radical (unpaired) electrons. The van der Waals surface area contributed by atoms with Crippen molar-refractivity contribution in [2.24, 2.45) is 0 Å². The van der Waals surface area contributed by atoms with E-state index >= 15 is 0 Å². The largest absolute Gasteiger partial charge is 0.425 e. The van der Waals surface area contributed by atoms with Crippen LogP contribution >= 0.6 is 0 Å². The van der Waals surface area contributed by atoms with E-state index < -0.39 is 0 Å². The highest BCUT2D eigenvalue weighted by atomic mass is 16.5. The third-order valence-corrected chi connectivity index (χ3v) is 7.85. The van der Waals surface area contributed by atoms with Crippen molar-refractivity contribution in [1.82, 2.24) is 0 Å². The van der Waals surface area contributed by atoms with Gasteiger partial charge in [0.05, 0.1) is 0 Å². The number of esters is 1. The van der Waals surface area contributed by atoms with Gasteiger partial charge in [-0.25, -0.2) is 0 Å². The molecule has 0 fully saturated rings. The van der Waals surface area contributed by atoms with E-state index in [1.54, 1.807) is 0 Å². The van der Waals surface area contributed by atoms with Crippen molar-refractivity contribution in [2.45, 2.75) is 39.0 Å². The average molecular weight is 429 g/mol. The van der Waals surface area contributed by atoms with Crippen LogP contribution in [0.25, 0.3) is 16.3 Å². The van der Waals surface area contributed by atoms with Gasteiger partial charge in [0.1, 0.15) is 11.7 Å². The Morgan fingerprint density at radius 2 is 1.52 bits per heavy atom. The first-order valence-corrected chi connectivity index (χ1v) is 11.7. The SMILES string of the molecule is Cc1cc(C)c2c(C)cc3c4c2c1OC(=O)C4C1=C(Cc2ccccc21)C3c1ccccc1. The number of hydrogen-bond donors (Lipinski definition) is 0. The number of carbonyl (C=O) groups is 1. The lowest BCUT2D eigenvalue weighted by atomic mass is 9.67. The second-order valence-corrected chi connectivity index (χ2v) is 9.76. The molecule has 4 aromatic rings.